The second-order valence-electron chi connectivity index (χ2n) is 5.66. The summed E-state index contributed by atoms with van der Waals surface area (Å²) in [6.07, 6.45) is 0. The van der Waals surface area contributed by atoms with Gasteiger partial charge in [-0.3, -0.25) is 9.59 Å². The summed E-state index contributed by atoms with van der Waals surface area (Å²) in [6.45, 7) is 10.2. The average molecular weight is 276 g/mol. The molecule has 0 aliphatic carbocycles. The summed E-state index contributed by atoms with van der Waals surface area (Å²) in [4.78, 5) is 25.1. The van der Waals surface area contributed by atoms with Crippen molar-refractivity contribution in [3.63, 3.8) is 0 Å². The zero-order chi connectivity index (χ0) is 15.3. The molecule has 1 N–H and O–H groups in total. The van der Waals surface area contributed by atoms with E-state index >= 15 is 0 Å². The number of rotatable bonds is 5. The molecule has 4 heteroatoms. The predicted octanol–water partition coefficient (Wildman–Crippen LogP) is 2.75. The molecule has 4 nitrogen and oxygen atoms in total. The molecule has 0 aromatic heterocycles. The molecule has 1 aromatic carbocycles. The van der Waals surface area contributed by atoms with E-state index in [-0.39, 0.29) is 18.4 Å². The summed E-state index contributed by atoms with van der Waals surface area (Å²) in [5, 5.41) is 2.86. The minimum absolute atomic E-state index is 0.0746. The average Bonchev–Trinajstić information content (AvgIpc) is 2.31. The summed E-state index contributed by atoms with van der Waals surface area (Å²) >= 11 is 0. The molecule has 0 heterocycles. The van der Waals surface area contributed by atoms with Crippen molar-refractivity contribution in [1.82, 2.24) is 4.90 Å². The van der Waals surface area contributed by atoms with E-state index in [1.807, 2.05) is 45.9 Å². The van der Waals surface area contributed by atoms with Gasteiger partial charge in [-0.05, 0) is 31.4 Å². The maximum Gasteiger partial charge on any atom is 0.244 e. The Morgan fingerprint density at radius 1 is 1.25 bits per heavy atom. The van der Waals surface area contributed by atoms with Crippen molar-refractivity contribution in [2.75, 3.05) is 18.4 Å². The van der Waals surface area contributed by atoms with Crippen LogP contribution in [0.4, 0.5) is 5.69 Å². The fourth-order valence-corrected chi connectivity index (χ4v) is 2.06. The summed E-state index contributed by atoms with van der Waals surface area (Å²) in [5.74, 6) is 0.107. The molecule has 0 atom stereocenters. The SMILES string of the molecule is CC(=O)N(CC(=O)Nc1ccc(C)cc1C)CC(C)C. The normalized spacial score (nSPS) is 10.5. The number of carbonyl (C=O) groups excluding carboxylic acids is 2. The highest BCUT2D eigenvalue weighted by Crippen LogP contribution is 2.16. The van der Waals surface area contributed by atoms with Crippen LogP contribution in [0.5, 0.6) is 0 Å². The molecule has 2 amide bonds. The molecule has 0 saturated heterocycles. The maximum absolute atomic E-state index is 12.0. The molecular weight excluding hydrogens is 252 g/mol. The highest BCUT2D eigenvalue weighted by Gasteiger charge is 2.15. The van der Waals surface area contributed by atoms with Crippen LogP contribution < -0.4 is 5.32 Å². The number of nitrogens with one attached hydrogen (secondary N) is 1. The minimum Gasteiger partial charge on any atom is -0.333 e. The van der Waals surface area contributed by atoms with E-state index in [0.29, 0.717) is 12.5 Å². The van der Waals surface area contributed by atoms with Crippen molar-refractivity contribution in [3.05, 3.63) is 29.3 Å². The number of aryl methyl sites for hydroxylation is 2. The Bertz CT molecular complexity index is 495. The number of nitrogens with zero attached hydrogens (tertiary/aromatic N) is 1. The van der Waals surface area contributed by atoms with Gasteiger partial charge in [0.05, 0.1) is 6.54 Å². The van der Waals surface area contributed by atoms with Crippen LogP contribution in [0.1, 0.15) is 31.9 Å². The van der Waals surface area contributed by atoms with Crippen molar-refractivity contribution >= 4 is 17.5 Å². The van der Waals surface area contributed by atoms with Gasteiger partial charge in [0.25, 0.3) is 0 Å². The zero-order valence-corrected chi connectivity index (χ0v) is 13.0. The Balaban J connectivity index is 2.68. The summed E-state index contributed by atoms with van der Waals surface area (Å²) in [7, 11) is 0. The van der Waals surface area contributed by atoms with Gasteiger partial charge in [0.2, 0.25) is 11.8 Å². The molecule has 1 rings (SSSR count). The quantitative estimate of drug-likeness (QED) is 0.899. The van der Waals surface area contributed by atoms with Gasteiger partial charge in [-0.2, -0.15) is 0 Å². The van der Waals surface area contributed by atoms with Crippen LogP contribution in [0.15, 0.2) is 18.2 Å². The van der Waals surface area contributed by atoms with E-state index in [4.69, 9.17) is 0 Å². The first-order valence-electron chi connectivity index (χ1n) is 6.92. The molecular formula is C16H24N2O2. The molecule has 0 aliphatic rings. The lowest BCUT2D eigenvalue weighted by Gasteiger charge is -2.22. The molecule has 20 heavy (non-hydrogen) atoms. The minimum atomic E-state index is -0.159. The van der Waals surface area contributed by atoms with Gasteiger partial charge < -0.3 is 10.2 Å². The number of carbonyl (C=O) groups is 2. The largest absolute Gasteiger partial charge is 0.333 e. The van der Waals surface area contributed by atoms with Crippen molar-refractivity contribution in [2.45, 2.75) is 34.6 Å². The Morgan fingerprint density at radius 3 is 2.40 bits per heavy atom. The van der Waals surface area contributed by atoms with Crippen LogP contribution >= 0.6 is 0 Å². The number of amides is 2. The van der Waals surface area contributed by atoms with Crippen LogP contribution in [0.3, 0.4) is 0 Å². The van der Waals surface area contributed by atoms with E-state index in [9.17, 15) is 9.59 Å². The predicted molar refractivity (Wildman–Crippen MR) is 81.6 cm³/mol. The fraction of sp³-hybridized carbons (Fsp3) is 0.500. The van der Waals surface area contributed by atoms with Gasteiger partial charge in [0, 0.05) is 19.2 Å². The first-order chi connectivity index (χ1) is 9.29. The van der Waals surface area contributed by atoms with Crippen LogP contribution in [0.25, 0.3) is 0 Å². The van der Waals surface area contributed by atoms with E-state index in [1.54, 1.807) is 4.90 Å². The highest BCUT2D eigenvalue weighted by atomic mass is 16.2. The number of hydrogen-bond donors (Lipinski definition) is 1. The summed E-state index contributed by atoms with van der Waals surface area (Å²) < 4.78 is 0. The van der Waals surface area contributed by atoms with Crippen LogP contribution in [0.2, 0.25) is 0 Å². The van der Waals surface area contributed by atoms with Gasteiger partial charge in [-0.1, -0.05) is 31.5 Å². The third-order valence-electron chi connectivity index (χ3n) is 3.02. The van der Waals surface area contributed by atoms with E-state index in [0.717, 1.165) is 16.8 Å². The topological polar surface area (TPSA) is 49.4 Å². The van der Waals surface area contributed by atoms with Crippen LogP contribution in [0, 0.1) is 19.8 Å². The first-order valence-corrected chi connectivity index (χ1v) is 6.92. The standard InChI is InChI=1S/C16H24N2O2/c1-11(2)9-18(14(5)19)10-16(20)17-15-7-6-12(3)8-13(15)4/h6-8,11H,9-10H2,1-5H3,(H,17,20). The van der Waals surface area contributed by atoms with Crippen LogP contribution in [-0.4, -0.2) is 29.8 Å². The Hall–Kier alpha value is -1.84. The van der Waals surface area contributed by atoms with Gasteiger partial charge in [-0.25, -0.2) is 0 Å². The smallest absolute Gasteiger partial charge is 0.244 e. The maximum atomic E-state index is 12.0. The second kappa shape index (κ2) is 7.08. The third-order valence-corrected chi connectivity index (χ3v) is 3.02. The second-order valence-corrected chi connectivity index (χ2v) is 5.66. The monoisotopic (exact) mass is 276 g/mol. The first kappa shape index (κ1) is 16.2. The Kier molecular flexibility index (Phi) is 5.74. The molecule has 0 bridgehead atoms. The Labute approximate surface area is 121 Å². The molecule has 0 spiro atoms. The van der Waals surface area contributed by atoms with Crippen LogP contribution in [-0.2, 0) is 9.59 Å². The lowest BCUT2D eigenvalue weighted by Crippen LogP contribution is -2.38. The number of hydrogen-bond acceptors (Lipinski definition) is 2. The van der Waals surface area contributed by atoms with E-state index in [2.05, 4.69) is 5.32 Å². The van der Waals surface area contributed by atoms with E-state index in [1.165, 1.54) is 6.92 Å². The highest BCUT2D eigenvalue weighted by molar-refractivity contribution is 5.94. The van der Waals surface area contributed by atoms with Gasteiger partial charge in [-0.15, -0.1) is 0 Å². The van der Waals surface area contributed by atoms with Crippen molar-refractivity contribution in [1.29, 1.82) is 0 Å². The fourth-order valence-electron chi connectivity index (χ4n) is 2.06. The molecule has 0 radical (unpaired) electrons. The lowest BCUT2D eigenvalue weighted by molar-refractivity contribution is -0.133. The molecule has 110 valence electrons. The van der Waals surface area contributed by atoms with Gasteiger partial charge >= 0.3 is 0 Å². The molecule has 1 aromatic rings. The molecule has 0 unspecified atom stereocenters. The summed E-state index contributed by atoms with van der Waals surface area (Å²) in [6, 6.07) is 5.87. The van der Waals surface area contributed by atoms with Crippen molar-refractivity contribution in [2.24, 2.45) is 5.92 Å². The van der Waals surface area contributed by atoms with Crippen molar-refractivity contribution in [3.8, 4) is 0 Å². The van der Waals surface area contributed by atoms with Gasteiger partial charge in [0.15, 0.2) is 0 Å². The zero-order valence-electron chi connectivity index (χ0n) is 13.0. The molecule has 0 aliphatic heterocycles. The van der Waals surface area contributed by atoms with Gasteiger partial charge in [0.1, 0.15) is 0 Å². The number of benzene rings is 1. The lowest BCUT2D eigenvalue weighted by atomic mass is 10.1. The van der Waals surface area contributed by atoms with E-state index < -0.39 is 0 Å². The Morgan fingerprint density at radius 2 is 1.90 bits per heavy atom. The van der Waals surface area contributed by atoms with Crippen molar-refractivity contribution < 1.29 is 9.59 Å². The summed E-state index contributed by atoms with van der Waals surface area (Å²) in [5.41, 5.74) is 2.98. The molecule has 0 saturated carbocycles. The number of anilines is 1. The third kappa shape index (κ3) is 5.03. The molecule has 0 fully saturated rings.